The monoisotopic (exact) mass is 317 g/mol. The SMILES string of the molecule is O=c1cc(-c2ccco2)c2c(C3CC3)nn(-c3ccccc3)c2[nH]1. The third-order valence-electron chi connectivity index (χ3n) is 4.45. The standard InChI is InChI=1S/C19H15N3O2/c23-16-11-14(15-7-4-10-24-15)17-18(12-8-9-12)21-22(19(17)20-16)13-5-2-1-3-6-13/h1-7,10-12H,8-9H2,(H,20,23). The van der Waals surface area contributed by atoms with Crippen molar-refractivity contribution in [2.75, 3.05) is 0 Å². The molecule has 1 aliphatic rings. The van der Waals surface area contributed by atoms with Gasteiger partial charge in [-0.2, -0.15) is 5.10 Å². The third kappa shape index (κ3) is 2.01. The van der Waals surface area contributed by atoms with Gasteiger partial charge in [-0.05, 0) is 37.1 Å². The topological polar surface area (TPSA) is 63.8 Å². The number of rotatable bonds is 3. The van der Waals surface area contributed by atoms with E-state index < -0.39 is 0 Å². The zero-order valence-corrected chi connectivity index (χ0v) is 12.9. The first kappa shape index (κ1) is 13.4. The van der Waals surface area contributed by atoms with Gasteiger partial charge in [0.2, 0.25) is 5.56 Å². The summed E-state index contributed by atoms with van der Waals surface area (Å²) in [7, 11) is 0. The largest absolute Gasteiger partial charge is 0.464 e. The molecule has 1 aliphatic carbocycles. The summed E-state index contributed by atoms with van der Waals surface area (Å²) >= 11 is 0. The lowest BCUT2D eigenvalue weighted by atomic mass is 10.1. The molecular weight excluding hydrogens is 302 g/mol. The van der Waals surface area contributed by atoms with E-state index >= 15 is 0 Å². The van der Waals surface area contributed by atoms with E-state index in [1.54, 1.807) is 12.3 Å². The molecule has 0 saturated heterocycles. The highest BCUT2D eigenvalue weighted by atomic mass is 16.3. The minimum absolute atomic E-state index is 0.159. The smallest absolute Gasteiger partial charge is 0.250 e. The predicted octanol–water partition coefficient (Wildman–Crippen LogP) is 3.85. The Labute approximate surface area is 137 Å². The lowest BCUT2D eigenvalue weighted by molar-refractivity contribution is 0.583. The molecule has 0 radical (unpaired) electrons. The van der Waals surface area contributed by atoms with Crippen LogP contribution in [-0.2, 0) is 0 Å². The molecule has 24 heavy (non-hydrogen) atoms. The highest BCUT2D eigenvalue weighted by Crippen LogP contribution is 2.44. The van der Waals surface area contributed by atoms with Crippen molar-refractivity contribution in [3.8, 4) is 17.0 Å². The number of pyridine rings is 1. The molecule has 118 valence electrons. The van der Waals surface area contributed by atoms with Crippen LogP contribution in [-0.4, -0.2) is 14.8 Å². The number of hydrogen-bond acceptors (Lipinski definition) is 3. The molecule has 0 bridgehead atoms. The Bertz CT molecular complexity index is 1070. The summed E-state index contributed by atoms with van der Waals surface area (Å²) in [5.41, 5.74) is 3.34. The molecule has 0 unspecified atom stereocenters. The molecule has 5 rings (SSSR count). The molecule has 0 spiro atoms. The van der Waals surface area contributed by atoms with E-state index in [4.69, 9.17) is 9.52 Å². The lowest BCUT2D eigenvalue weighted by Gasteiger charge is -2.04. The van der Waals surface area contributed by atoms with Gasteiger partial charge in [0.25, 0.3) is 0 Å². The number of hydrogen-bond donors (Lipinski definition) is 1. The maximum Gasteiger partial charge on any atom is 0.250 e. The highest BCUT2D eigenvalue weighted by Gasteiger charge is 2.31. The maximum absolute atomic E-state index is 12.2. The van der Waals surface area contributed by atoms with Crippen molar-refractivity contribution in [3.05, 3.63) is 70.8 Å². The normalized spacial score (nSPS) is 14.3. The number of furan rings is 1. The van der Waals surface area contributed by atoms with Gasteiger partial charge in [-0.15, -0.1) is 0 Å². The Hall–Kier alpha value is -3.08. The first-order valence-electron chi connectivity index (χ1n) is 8.06. The third-order valence-corrected chi connectivity index (χ3v) is 4.45. The van der Waals surface area contributed by atoms with Gasteiger partial charge in [0, 0.05) is 17.5 Å². The zero-order valence-electron chi connectivity index (χ0n) is 12.9. The molecule has 0 atom stereocenters. The molecule has 1 aromatic carbocycles. The minimum atomic E-state index is -0.159. The van der Waals surface area contributed by atoms with Gasteiger partial charge in [-0.25, -0.2) is 4.68 Å². The van der Waals surface area contributed by atoms with Crippen LogP contribution in [0.4, 0.5) is 0 Å². The number of fused-ring (bicyclic) bond motifs is 1. The second kappa shape index (κ2) is 4.96. The number of nitrogens with zero attached hydrogens (tertiary/aromatic N) is 2. The molecule has 0 aliphatic heterocycles. The Kier molecular flexibility index (Phi) is 2.76. The van der Waals surface area contributed by atoms with Crippen LogP contribution < -0.4 is 5.56 Å². The van der Waals surface area contributed by atoms with Crippen molar-refractivity contribution in [2.45, 2.75) is 18.8 Å². The summed E-state index contributed by atoms with van der Waals surface area (Å²) in [6, 6.07) is 15.2. The predicted molar refractivity (Wildman–Crippen MR) is 91.4 cm³/mol. The number of aromatic nitrogens is 3. The molecule has 1 N–H and O–H groups in total. The van der Waals surface area contributed by atoms with E-state index in [1.807, 2.05) is 47.1 Å². The van der Waals surface area contributed by atoms with Crippen LogP contribution in [0, 0.1) is 0 Å². The van der Waals surface area contributed by atoms with Crippen LogP contribution in [0.3, 0.4) is 0 Å². The summed E-state index contributed by atoms with van der Waals surface area (Å²) in [5, 5.41) is 5.82. The van der Waals surface area contributed by atoms with E-state index in [9.17, 15) is 4.79 Å². The molecule has 0 amide bonds. The van der Waals surface area contributed by atoms with Crippen LogP contribution in [0.5, 0.6) is 0 Å². The summed E-state index contributed by atoms with van der Waals surface area (Å²) < 4.78 is 7.39. The van der Waals surface area contributed by atoms with Crippen molar-refractivity contribution >= 4 is 11.0 Å². The van der Waals surface area contributed by atoms with Gasteiger partial charge in [0.1, 0.15) is 11.4 Å². The average Bonchev–Trinajstić information content (AvgIpc) is 3.17. The number of benzene rings is 1. The van der Waals surface area contributed by atoms with Crippen LogP contribution in [0.25, 0.3) is 28.0 Å². The van der Waals surface area contributed by atoms with E-state index in [2.05, 4.69) is 4.98 Å². The number of nitrogens with one attached hydrogen (secondary N) is 1. The van der Waals surface area contributed by atoms with Gasteiger partial charge in [-0.1, -0.05) is 18.2 Å². The quantitative estimate of drug-likeness (QED) is 0.624. The van der Waals surface area contributed by atoms with Gasteiger partial charge in [0.05, 0.1) is 23.0 Å². The van der Waals surface area contributed by atoms with Crippen LogP contribution in [0.2, 0.25) is 0 Å². The second-order valence-corrected chi connectivity index (χ2v) is 6.16. The highest BCUT2D eigenvalue weighted by molar-refractivity contribution is 5.94. The lowest BCUT2D eigenvalue weighted by Crippen LogP contribution is -2.07. The fraction of sp³-hybridized carbons (Fsp3) is 0.158. The van der Waals surface area contributed by atoms with Gasteiger partial charge < -0.3 is 9.40 Å². The summed E-state index contributed by atoms with van der Waals surface area (Å²) in [4.78, 5) is 15.2. The van der Waals surface area contributed by atoms with E-state index in [0.717, 1.165) is 40.8 Å². The van der Waals surface area contributed by atoms with E-state index in [0.29, 0.717) is 11.7 Å². The Morgan fingerprint density at radius 3 is 2.67 bits per heavy atom. The van der Waals surface area contributed by atoms with E-state index in [1.165, 1.54) is 0 Å². The Morgan fingerprint density at radius 2 is 1.96 bits per heavy atom. The molecule has 1 saturated carbocycles. The van der Waals surface area contributed by atoms with Crippen molar-refractivity contribution < 1.29 is 4.42 Å². The molecule has 3 heterocycles. The second-order valence-electron chi connectivity index (χ2n) is 6.16. The molecule has 1 fully saturated rings. The first-order valence-corrected chi connectivity index (χ1v) is 8.06. The number of H-pyrrole nitrogens is 1. The molecule has 5 heteroatoms. The number of para-hydroxylation sites is 1. The van der Waals surface area contributed by atoms with Crippen LogP contribution in [0.1, 0.15) is 24.5 Å². The van der Waals surface area contributed by atoms with Crippen LogP contribution in [0.15, 0.2) is 64.0 Å². The van der Waals surface area contributed by atoms with Crippen LogP contribution >= 0.6 is 0 Å². The zero-order chi connectivity index (χ0) is 16.1. The summed E-state index contributed by atoms with van der Waals surface area (Å²) in [6.45, 7) is 0. The van der Waals surface area contributed by atoms with Gasteiger partial charge in [0.15, 0.2) is 0 Å². The molecule has 3 aromatic heterocycles. The summed E-state index contributed by atoms with van der Waals surface area (Å²) in [5.74, 6) is 1.15. The van der Waals surface area contributed by atoms with Crippen molar-refractivity contribution in [3.63, 3.8) is 0 Å². The van der Waals surface area contributed by atoms with Crippen molar-refractivity contribution in [1.29, 1.82) is 0 Å². The Balaban J connectivity index is 1.89. The molecule has 5 nitrogen and oxygen atoms in total. The minimum Gasteiger partial charge on any atom is -0.464 e. The Morgan fingerprint density at radius 1 is 1.12 bits per heavy atom. The fourth-order valence-electron chi connectivity index (χ4n) is 3.20. The summed E-state index contributed by atoms with van der Waals surface area (Å²) in [6.07, 6.45) is 3.90. The van der Waals surface area contributed by atoms with Crippen molar-refractivity contribution in [2.24, 2.45) is 0 Å². The molecular formula is C19H15N3O2. The van der Waals surface area contributed by atoms with Crippen molar-refractivity contribution in [1.82, 2.24) is 14.8 Å². The van der Waals surface area contributed by atoms with Gasteiger partial charge >= 0.3 is 0 Å². The van der Waals surface area contributed by atoms with E-state index in [-0.39, 0.29) is 5.56 Å². The maximum atomic E-state index is 12.2. The molecule has 4 aromatic rings. The first-order chi connectivity index (χ1) is 11.8. The average molecular weight is 317 g/mol. The number of aromatic amines is 1. The fourth-order valence-corrected chi connectivity index (χ4v) is 3.20. The van der Waals surface area contributed by atoms with Gasteiger partial charge in [-0.3, -0.25) is 4.79 Å².